The number of carbonyl (C=O) groups is 3. The van der Waals surface area contributed by atoms with Crippen LogP contribution in [0, 0.1) is 17.0 Å². The number of nitrogens with zero attached hydrogens (tertiary/aromatic N) is 2. The Bertz CT molecular complexity index is 1330. The minimum Gasteiger partial charge on any atom is -0.456 e. The molecule has 2 heterocycles. The molecule has 160 valence electrons. The molecule has 0 radical (unpaired) electrons. The molecule has 1 aliphatic heterocycles. The van der Waals surface area contributed by atoms with E-state index in [0.717, 1.165) is 10.5 Å². The third-order valence-corrected chi connectivity index (χ3v) is 5.20. The molecular formula is C22H14ClN3O6. The number of para-hydroxylation sites is 1. The number of barbiturate groups is 1. The molecule has 0 unspecified atom stereocenters. The summed E-state index contributed by atoms with van der Waals surface area (Å²) >= 11 is 6.11. The fourth-order valence-corrected chi connectivity index (χ4v) is 3.35. The van der Waals surface area contributed by atoms with E-state index in [2.05, 4.69) is 5.32 Å². The monoisotopic (exact) mass is 451 g/mol. The number of rotatable bonds is 4. The first-order valence-electron chi connectivity index (χ1n) is 9.27. The minimum absolute atomic E-state index is 0.105. The molecule has 2 aromatic carbocycles. The van der Waals surface area contributed by atoms with Gasteiger partial charge in [0, 0.05) is 11.1 Å². The predicted octanol–water partition coefficient (Wildman–Crippen LogP) is 4.48. The van der Waals surface area contributed by atoms with Crippen molar-refractivity contribution in [2.24, 2.45) is 0 Å². The Labute approximate surface area is 186 Å². The van der Waals surface area contributed by atoms with Crippen molar-refractivity contribution in [2.75, 3.05) is 4.90 Å². The molecule has 0 bridgehead atoms. The highest BCUT2D eigenvalue weighted by molar-refractivity contribution is 6.39. The SMILES string of the molecule is Cc1ccc(N2C(=O)NC(=O)/C(=C\c3ccc(-c4ccccc4[N+](=O)[O-])o3)C2=O)cc1Cl. The Morgan fingerprint density at radius 3 is 2.56 bits per heavy atom. The van der Waals surface area contributed by atoms with Crippen LogP contribution in [0.3, 0.4) is 0 Å². The van der Waals surface area contributed by atoms with Gasteiger partial charge in [-0.1, -0.05) is 29.8 Å². The van der Waals surface area contributed by atoms with E-state index >= 15 is 0 Å². The van der Waals surface area contributed by atoms with Crippen LogP contribution in [0.25, 0.3) is 17.4 Å². The van der Waals surface area contributed by atoms with Gasteiger partial charge in [0.2, 0.25) is 0 Å². The van der Waals surface area contributed by atoms with E-state index < -0.39 is 22.8 Å². The maximum Gasteiger partial charge on any atom is 0.335 e. The van der Waals surface area contributed by atoms with E-state index in [1.165, 1.54) is 48.5 Å². The second-order valence-electron chi connectivity index (χ2n) is 6.87. The number of anilines is 1. The molecule has 0 atom stereocenters. The number of urea groups is 1. The van der Waals surface area contributed by atoms with Crippen molar-refractivity contribution in [2.45, 2.75) is 6.92 Å². The van der Waals surface area contributed by atoms with Gasteiger partial charge in [-0.3, -0.25) is 25.0 Å². The Balaban J connectivity index is 1.70. The first-order valence-corrected chi connectivity index (χ1v) is 9.65. The van der Waals surface area contributed by atoms with Crippen LogP contribution in [0.2, 0.25) is 5.02 Å². The quantitative estimate of drug-likeness (QED) is 0.270. The number of halogens is 1. The molecule has 4 rings (SSSR count). The highest BCUT2D eigenvalue weighted by Gasteiger charge is 2.37. The number of nitrogens with one attached hydrogen (secondary N) is 1. The Kier molecular flexibility index (Phi) is 5.33. The minimum atomic E-state index is -0.905. The molecule has 0 aliphatic carbocycles. The molecule has 1 aliphatic rings. The van der Waals surface area contributed by atoms with Crippen LogP contribution in [0.5, 0.6) is 0 Å². The first kappa shape index (κ1) is 21.0. The standard InChI is InChI=1S/C22H14ClN3O6/c1-12-6-7-13(10-17(12)23)25-21(28)16(20(27)24-22(25)29)11-14-8-9-19(32-14)15-4-2-3-5-18(15)26(30)31/h2-11H,1H3,(H,24,27,29)/b16-11+. The lowest BCUT2D eigenvalue weighted by Gasteiger charge is -2.26. The van der Waals surface area contributed by atoms with Gasteiger partial charge in [-0.05, 0) is 48.9 Å². The van der Waals surface area contributed by atoms with Gasteiger partial charge in [0.25, 0.3) is 17.5 Å². The van der Waals surface area contributed by atoms with Crippen molar-refractivity contribution in [3.63, 3.8) is 0 Å². The maximum atomic E-state index is 13.0. The van der Waals surface area contributed by atoms with E-state index in [0.29, 0.717) is 5.02 Å². The summed E-state index contributed by atoms with van der Waals surface area (Å²) in [6.07, 6.45) is 1.17. The molecule has 9 nitrogen and oxygen atoms in total. The zero-order valence-corrected chi connectivity index (χ0v) is 17.3. The summed E-state index contributed by atoms with van der Waals surface area (Å²) in [7, 11) is 0. The van der Waals surface area contributed by atoms with Gasteiger partial charge >= 0.3 is 6.03 Å². The second kappa shape index (κ2) is 8.12. The molecule has 4 amide bonds. The Morgan fingerprint density at radius 1 is 1.09 bits per heavy atom. The topological polar surface area (TPSA) is 123 Å². The number of imide groups is 2. The molecule has 1 aromatic heterocycles. The van der Waals surface area contributed by atoms with Crippen LogP contribution in [-0.4, -0.2) is 22.8 Å². The normalized spacial score (nSPS) is 15.2. The summed E-state index contributed by atoms with van der Waals surface area (Å²) in [5, 5.41) is 13.7. The van der Waals surface area contributed by atoms with E-state index in [1.54, 1.807) is 19.1 Å². The van der Waals surface area contributed by atoms with Gasteiger partial charge in [0.15, 0.2) is 0 Å². The van der Waals surface area contributed by atoms with Crippen LogP contribution in [0.1, 0.15) is 11.3 Å². The lowest BCUT2D eigenvalue weighted by atomic mass is 10.1. The van der Waals surface area contributed by atoms with Gasteiger partial charge in [-0.2, -0.15) is 0 Å². The van der Waals surface area contributed by atoms with E-state index in [1.807, 2.05) is 0 Å². The molecule has 32 heavy (non-hydrogen) atoms. The first-order chi connectivity index (χ1) is 15.3. The summed E-state index contributed by atoms with van der Waals surface area (Å²) in [4.78, 5) is 49.1. The fraction of sp³-hybridized carbons (Fsp3) is 0.0455. The van der Waals surface area contributed by atoms with Crippen molar-refractivity contribution in [1.82, 2.24) is 5.32 Å². The lowest BCUT2D eigenvalue weighted by Crippen LogP contribution is -2.54. The summed E-state index contributed by atoms with van der Waals surface area (Å²) in [5.41, 5.74) is 0.699. The van der Waals surface area contributed by atoms with Gasteiger partial charge in [-0.25, -0.2) is 9.69 Å². The van der Waals surface area contributed by atoms with Crippen molar-refractivity contribution in [1.29, 1.82) is 0 Å². The number of nitro groups is 1. The largest absolute Gasteiger partial charge is 0.456 e. The van der Waals surface area contributed by atoms with Crippen LogP contribution in [0.4, 0.5) is 16.2 Å². The highest BCUT2D eigenvalue weighted by atomic mass is 35.5. The number of carbonyl (C=O) groups excluding carboxylic acids is 3. The molecule has 1 fully saturated rings. The third-order valence-electron chi connectivity index (χ3n) is 4.79. The van der Waals surface area contributed by atoms with Crippen LogP contribution in [0.15, 0.2) is 64.6 Å². The third kappa shape index (κ3) is 3.77. The summed E-state index contributed by atoms with van der Waals surface area (Å²) in [5.74, 6) is -1.46. The van der Waals surface area contributed by atoms with Crippen molar-refractivity contribution >= 4 is 46.9 Å². The number of hydrogen-bond acceptors (Lipinski definition) is 6. The smallest absolute Gasteiger partial charge is 0.335 e. The van der Waals surface area contributed by atoms with Crippen LogP contribution < -0.4 is 10.2 Å². The zero-order valence-electron chi connectivity index (χ0n) is 16.5. The second-order valence-corrected chi connectivity index (χ2v) is 7.27. The molecular weight excluding hydrogens is 438 g/mol. The summed E-state index contributed by atoms with van der Waals surface area (Å²) in [6, 6.07) is 12.7. The van der Waals surface area contributed by atoms with Gasteiger partial charge in [0.05, 0.1) is 16.2 Å². The number of nitro benzene ring substituents is 1. The molecule has 0 saturated carbocycles. The fourth-order valence-electron chi connectivity index (χ4n) is 3.17. The lowest BCUT2D eigenvalue weighted by molar-refractivity contribution is -0.384. The Morgan fingerprint density at radius 2 is 1.84 bits per heavy atom. The van der Waals surface area contributed by atoms with Crippen LogP contribution in [-0.2, 0) is 9.59 Å². The number of amides is 4. The highest BCUT2D eigenvalue weighted by Crippen LogP contribution is 2.32. The Hall–Kier alpha value is -4.24. The zero-order chi connectivity index (χ0) is 23.0. The van der Waals surface area contributed by atoms with Gasteiger partial charge in [0.1, 0.15) is 17.1 Å². The van der Waals surface area contributed by atoms with Crippen molar-refractivity contribution in [3.05, 3.63) is 86.6 Å². The molecule has 3 aromatic rings. The predicted molar refractivity (Wildman–Crippen MR) is 116 cm³/mol. The average molecular weight is 452 g/mol. The van der Waals surface area contributed by atoms with E-state index in [9.17, 15) is 24.5 Å². The van der Waals surface area contributed by atoms with Gasteiger partial charge < -0.3 is 4.42 Å². The van der Waals surface area contributed by atoms with E-state index in [-0.39, 0.29) is 34.0 Å². The van der Waals surface area contributed by atoms with Crippen molar-refractivity contribution < 1.29 is 23.7 Å². The van der Waals surface area contributed by atoms with E-state index in [4.69, 9.17) is 16.0 Å². The van der Waals surface area contributed by atoms with Crippen LogP contribution >= 0.6 is 11.6 Å². The van der Waals surface area contributed by atoms with Gasteiger partial charge in [-0.15, -0.1) is 0 Å². The molecule has 1 N–H and O–H groups in total. The average Bonchev–Trinajstić information content (AvgIpc) is 3.22. The maximum absolute atomic E-state index is 13.0. The number of hydrogen-bond donors (Lipinski definition) is 1. The van der Waals surface area contributed by atoms with Crippen molar-refractivity contribution in [3.8, 4) is 11.3 Å². The number of aryl methyl sites for hydroxylation is 1. The molecule has 1 saturated heterocycles. The molecule has 10 heteroatoms. The molecule has 0 spiro atoms. The number of benzene rings is 2. The summed E-state index contributed by atoms with van der Waals surface area (Å²) < 4.78 is 5.62. The summed E-state index contributed by atoms with van der Waals surface area (Å²) in [6.45, 7) is 1.77. The number of furan rings is 1.